The Kier molecular flexibility index (Phi) is 7.70. The predicted octanol–water partition coefficient (Wildman–Crippen LogP) is 3.89. The zero-order chi connectivity index (χ0) is 14.8. The summed E-state index contributed by atoms with van der Waals surface area (Å²) in [5, 5.41) is 3.30. The highest BCUT2D eigenvalue weighted by atomic mass is 16.5. The zero-order valence-electron chi connectivity index (χ0n) is 12.8. The summed E-state index contributed by atoms with van der Waals surface area (Å²) in [6.07, 6.45) is 6.50. The Bertz CT molecular complexity index is 407. The molecular formula is C16H26N2O2. The average molecular weight is 278 g/mol. The molecule has 0 spiro atoms. The molecule has 0 aromatic carbocycles. The second-order valence-electron chi connectivity index (χ2n) is 4.92. The summed E-state index contributed by atoms with van der Waals surface area (Å²) in [7, 11) is 0. The molecule has 0 bridgehead atoms. The maximum absolute atomic E-state index is 11.8. The van der Waals surface area contributed by atoms with Crippen LogP contribution in [0.1, 0.15) is 56.8 Å². The Morgan fingerprint density at radius 3 is 2.85 bits per heavy atom. The number of nitrogens with one attached hydrogen (secondary N) is 1. The molecule has 0 aliphatic heterocycles. The van der Waals surface area contributed by atoms with E-state index in [9.17, 15) is 4.79 Å². The van der Waals surface area contributed by atoms with E-state index in [2.05, 4.69) is 24.1 Å². The van der Waals surface area contributed by atoms with Gasteiger partial charge in [0.2, 0.25) is 0 Å². The van der Waals surface area contributed by atoms with Crippen molar-refractivity contribution >= 4 is 11.8 Å². The summed E-state index contributed by atoms with van der Waals surface area (Å²) in [4.78, 5) is 16.1. The van der Waals surface area contributed by atoms with Crippen LogP contribution in [-0.2, 0) is 4.74 Å². The van der Waals surface area contributed by atoms with Crippen LogP contribution in [0.25, 0.3) is 0 Å². The molecular weight excluding hydrogens is 252 g/mol. The Labute approximate surface area is 121 Å². The number of carbonyl (C=O) groups excluding carboxylic acids is 1. The van der Waals surface area contributed by atoms with Crippen molar-refractivity contribution < 1.29 is 9.53 Å². The van der Waals surface area contributed by atoms with Crippen LogP contribution < -0.4 is 5.32 Å². The van der Waals surface area contributed by atoms with Crippen molar-refractivity contribution in [2.75, 3.05) is 18.5 Å². The fourth-order valence-electron chi connectivity index (χ4n) is 2.10. The molecule has 1 heterocycles. The minimum Gasteiger partial charge on any atom is -0.462 e. The summed E-state index contributed by atoms with van der Waals surface area (Å²) < 4.78 is 5.05. The number of ether oxygens (including phenoxy) is 1. The molecule has 112 valence electrons. The van der Waals surface area contributed by atoms with Gasteiger partial charge in [-0.05, 0) is 31.4 Å². The highest BCUT2D eigenvalue weighted by Gasteiger charge is 2.14. The van der Waals surface area contributed by atoms with E-state index in [1.165, 1.54) is 19.3 Å². The van der Waals surface area contributed by atoms with E-state index in [0.717, 1.165) is 13.0 Å². The normalized spacial score (nSPS) is 11.9. The molecule has 0 amide bonds. The maximum Gasteiger partial charge on any atom is 0.341 e. The van der Waals surface area contributed by atoms with Crippen molar-refractivity contribution in [1.82, 2.24) is 4.98 Å². The van der Waals surface area contributed by atoms with Gasteiger partial charge in [-0.3, -0.25) is 0 Å². The zero-order valence-corrected chi connectivity index (χ0v) is 12.8. The molecule has 1 unspecified atom stereocenters. The lowest BCUT2D eigenvalue weighted by atomic mass is 9.99. The molecule has 1 N–H and O–H groups in total. The summed E-state index contributed by atoms with van der Waals surface area (Å²) in [6, 6.07) is 3.51. The van der Waals surface area contributed by atoms with Crippen LogP contribution in [0, 0.1) is 5.92 Å². The first kappa shape index (κ1) is 16.5. The lowest BCUT2D eigenvalue weighted by Crippen LogP contribution is -2.17. The van der Waals surface area contributed by atoms with Crippen LogP contribution in [0.2, 0.25) is 0 Å². The van der Waals surface area contributed by atoms with E-state index in [4.69, 9.17) is 4.74 Å². The fraction of sp³-hybridized carbons (Fsp3) is 0.625. The summed E-state index contributed by atoms with van der Waals surface area (Å²) in [5.74, 6) is 0.928. The molecule has 0 saturated carbocycles. The number of rotatable bonds is 9. The summed E-state index contributed by atoms with van der Waals surface area (Å²) in [5.41, 5.74) is 0.514. The molecule has 4 nitrogen and oxygen atoms in total. The molecule has 20 heavy (non-hydrogen) atoms. The number of aromatic nitrogens is 1. The minimum atomic E-state index is -0.315. The number of pyridine rings is 1. The molecule has 0 radical (unpaired) electrons. The van der Waals surface area contributed by atoms with Crippen molar-refractivity contribution in [2.24, 2.45) is 5.92 Å². The van der Waals surface area contributed by atoms with E-state index < -0.39 is 0 Å². The second-order valence-corrected chi connectivity index (χ2v) is 4.92. The number of anilines is 1. The van der Waals surface area contributed by atoms with Crippen molar-refractivity contribution in [3.05, 3.63) is 23.9 Å². The Morgan fingerprint density at radius 1 is 1.40 bits per heavy atom. The van der Waals surface area contributed by atoms with Crippen LogP contribution in [0.5, 0.6) is 0 Å². The molecule has 0 aliphatic carbocycles. The standard InChI is InChI=1S/C16H26N2O2/c1-4-7-9-13(5-2)12-18-15-14(10-8-11-17-15)16(19)20-6-3/h8,10-11,13H,4-7,9,12H2,1-3H3,(H,17,18). The first-order valence-electron chi connectivity index (χ1n) is 7.58. The molecule has 1 rings (SSSR count). The third-order valence-electron chi connectivity index (χ3n) is 3.40. The third-order valence-corrected chi connectivity index (χ3v) is 3.40. The van der Waals surface area contributed by atoms with Crippen molar-refractivity contribution in [3.63, 3.8) is 0 Å². The number of nitrogens with zero attached hydrogens (tertiary/aromatic N) is 1. The number of carbonyl (C=O) groups is 1. The number of hydrogen-bond donors (Lipinski definition) is 1. The van der Waals surface area contributed by atoms with Crippen molar-refractivity contribution in [3.8, 4) is 0 Å². The van der Waals surface area contributed by atoms with Gasteiger partial charge in [-0.25, -0.2) is 9.78 Å². The number of unbranched alkanes of at least 4 members (excludes halogenated alkanes) is 1. The lowest BCUT2D eigenvalue weighted by Gasteiger charge is -2.17. The van der Waals surface area contributed by atoms with Gasteiger partial charge >= 0.3 is 5.97 Å². The van der Waals surface area contributed by atoms with Crippen molar-refractivity contribution in [1.29, 1.82) is 0 Å². The highest BCUT2D eigenvalue weighted by molar-refractivity contribution is 5.94. The number of esters is 1. The van der Waals surface area contributed by atoms with E-state index in [-0.39, 0.29) is 5.97 Å². The highest BCUT2D eigenvalue weighted by Crippen LogP contribution is 2.17. The Balaban J connectivity index is 2.64. The van der Waals surface area contributed by atoms with E-state index in [1.807, 2.05) is 0 Å². The van der Waals surface area contributed by atoms with Gasteiger partial charge in [0.05, 0.1) is 6.61 Å². The monoisotopic (exact) mass is 278 g/mol. The van der Waals surface area contributed by atoms with E-state index >= 15 is 0 Å². The predicted molar refractivity (Wildman–Crippen MR) is 82.0 cm³/mol. The van der Waals surface area contributed by atoms with Gasteiger partial charge < -0.3 is 10.1 Å². The lowest BCUT2D eigenvalue weighted by molar-refractivity contribution is 0.0527. The van der Waals surface area contributed by atoms with Gasteiger partial charge in [0.25, 0.3) is 0 Å². The van der Waals surface area contributed by atoms with Crippen LogP contribution in [-0.4, -0.2) is 24.1 Å². The third kappa shape index (κ3) is 5.19. The summed E-state index contributed by atoms with van der Waals surface area (Å²) in [6.45, 7) is 7.44. The first-order chi connectivity index (χ1) is 9.72. The first-order valence-corrected chi connectivity index (χ1v) is 7.58. The van der Waals surface area contributed by atoms with Gasteiger partial charge in [-0.1, -0.05) is 33.1 Å². The Morgan fingerprint density at radius 2 is 2.20 bits per heavy atom. The quantitative estimate of drug-likeness (QED) is 0.696. The topological polar surface area (TPSA) is 51.2 Å². The average Bonchev–Trinajstić information content (AvgIpc) is 2.48. The van der Waals surface area contributed by atoms with Crippen molar-refractivity contribution in [2.45, 2.75) is 46.5 Å². The van der Waals surface area contributed by atoms with Gasteiger partial charge in [0.1, 0.15) is 11.4 Å². The largest absolute Gasteiger partial charge is 0.462 e. The van der Waals surface area contributed by atoms with E-state index in [1.54, 1.807) is 25.3 Å². The second kappa shape index (κ2) is 9.34. The van der Waals surface area contributed by atoms with Gasteiger partial charge in [-0.2, -0.15) is 0 Å². The van der Waals surface area contributed by atoms with Crippen LogP contribution in [0.15, 0.2) is 18.3 Å². The van der Waals surface area contributed by atoms with E-state index in [0.29, 0.717) is 23.9 Å². The molecule has 1 atom stereocenters. The van der Waals surface area contributed by atoms with Crippen LogP contribution in [0.4, 0.5) is 5.82 Å². The number of hydrogen-bond acceptors (Lipinski definition) is 4. The van der Waals surface area contributed by atoms with Gasteiger partial charge in [-0.15, -0.1) is 0 Å². The summed E-state index contributed by atoms with van der Waals surface area (Å²) >= 11 is 0. The molecule has 4 heteroatoms. The minimum absolute atomic E-state index is 0.315. The van der Waals surface area contributed by atoms with Crippen LogP contribution in [0.3, 0.4) is 0 Å². The molecule has 0 fully saturated rings. The Hall–Kier alpha value is -1.58. The molecule has 0 aliphatic rings. The SMILES string of the molecule is CCCCC(CC)CNc1ncccc1C(=O)OCC. The van der Waals surface area contributed by atoms with Crippen LogP contribution >= 0.6 is 0 Å². The fourth-order valence-corrected chi connectivity index (χ4v) is 2.10. The van der Waals surface area contributed by atoms with Gasteiger partial charge in [0.15, 0.2) is 0 Å². The smallest absolute Gasteiger partial charge is 0.341 e. The maximum atomic E-state index is 11.8. The molecule has 0 saturated heterocycles. The molecule has 1 aromatic heterocycles. The molecule has 1 aromatic rings. The van der Waals surface area contributed by atoms with Gasteiger partial charge in [0, 0.05) is 12.7 Å².